The molecule has 0 spiro atoms. The Labute approximate surface area is 303 Å². The molecule has 246 valence electrons. The van der Waals surface area contributed by atoms with Crippen molar-refractivity contribution in [3.8, 4) is 61.8 Å². The molecule has 7 aromatic carbocycles. The molecule has 2 heterocycles. The SMILES string of the molecule is CC1(C)c2ccccc2-c2cc3c4ccccc4n(-c4c(-c5ccccc5)cccc4-c4nc(-c5ccccc5)cc(-c5ccccc5)n4)c3cc21. The first-order chi connectivity index (χ1) is 25.6. The van der Waals surface area contributed by atoms with E-state index < -0.39 is 0 Å². The average Bonchev–Trinajstić information content (AvgIpc) is 3.65. The number of aromatic nitrogens is 3. The first-order valence-corrected chi connectivity index (χ1v) is 17.9. The zero-order valence-corrected chi connectivity index (χ0v) is 29.1. The van der Waals surface area contributed by atoms with Crippen molar-refractivity contribution in [2.45, 2.75) is 19.3 Å². The van der Waals surface area contributed by atoms with Crippen molar-refractivity contribution >= 4 is 21.8 Å². The van der Waals surface area contributed by atoms with Crippen molar-refractivity contribution in [2.75, 3.05) is 0 Å². The van der Waals surface area contributed by atoms with E-state index in [0.717, 1.165) is 50.4 Å². The van der Waals surface area contributed by atoms with Gasteiger partial charge >= 0.3 is 0 Å². The van der Waals surface area contributed by atoms with Gasteiger partial charge in [-0.1, -0.05) is 159 Å². The van der Waals surface area contributed by atoms with Gasteiger partial charge in [-0.2, -0.15) is 0 Å². The molecule has 0 atom stereocenters. The summed E-state index contributed by atoms with van der Waals surface area (Å²) < 4.78 is 2.47. The van der Waals surface area contributed by atoms with Crippen LogP contribution in [0.3, 0.4) is 0 Å². The molecule has 10 rings (SSSR count). The van der Waals surface area contributed by atoms with Crippen LogP contribution in [0.5, 0.6) is 0 Å². The summed E-state index contributed by atoms with van der Waals surface area (Å²) in [5, 5.41) is 2.46. The predicted molar refractivity (Wildman–Crippen MR) is 216 cm³/mol. The third-order valence-corrected chi connectivity index (χ3v) is 10.8. The molecule has 0 bridgehead atoms. The average molecular weight is 666 g/mol. The predicted octanol–water partition coefficient (Wildman–Crippen LogP) is 12.5. The summed E-state index contributed by atoms with van der Waals surface area (Å²) in [4.78, 5) is 10.7. The maximum absolute atomic E-state index is 5.35. The van der Waals surface area contributed by atoms with E-state index in [2.05, 4.69) is 182 Å². The summed E-state index contributed by atoms with van der Waals surface area (Å²) in [6, 6.07) is 62.8. The van der Waals surface area contributed by atoms with Crippen LogP contribution >= 0.6 is 0 Å². The van der Waals surface area contributed by atoms with Gasteiger partial charge in [-0.15, -0.1) is 0 Å². The molecule has 0 unspecified atom stereocenters. The van der Waals surface area contributed by atoms with Crippen molar-refractivity contribution < 1.29 is 0 Å². The van der Waals surface area contributed by atoms with Crippen molar-refractivity contribution in [1.29, 1.82) is 0 Å². The Hall–Kier alpha value is -6.58. The summed E-state index contributed by atoms with van der Waals surface area (Å²) in [5.41, 5.74) is 15.7. The number of hydrogen-bond acceptors (Lipinski definition) is 2. The number of para-hydroxylation sites is 2. The fourth-order valence-corrected chi connectivity index (χ4v) is 8.30. The molecular formula is C49H35N3. The molecule has 0 amide bonds. The molecule has 3 nitrogen and oxygen atoms in total. The Morgan fingerprint density at radius 1 is 0.404 bits per heavy atom. The number of fused-ring (bicyclic) bond motifs is 6. The highest BCUT2D eigenvalue weighted by molar-refractivity contribution is 6.12. The van der Waals surface area contributed by atoms with E-state index in [1.807, 2.05) is 12.1 Å². The monoisotopic (exact) mass is 665 g/mol. The summed E-state index contributed by atoms with van der Waals surface area (Å²) in [7, 11) is 0. The van der Waals surface area contributed by atoms with E-state index >= 15 is 0 Å². The Bertz CT molecular complexity index is 2740. The molecule has 9 aromatic rings. The summed E-state index contributed by atoms with van der Waals surface area (Å²) >= 11 is 0. The molecule has 3 heteroatoms. The van der Waals surface area contributed by atoms with E-state index in [1.54, 1.807) is 0 Å². The number of rotatable bonds is 5. The van der Waals surface area contributed by atoms with Crippen LogP contribution in [0.15, 0.2) is 176 Å². The van der Waals surface area contributed by atoms with Crippen molar-refractivity contribution in [3.05, 3.63) is 187 Å². The maximum atomic E-state index is 5.35. The first kappa shape index (κ1) is 30.3. The fourth-order valence-electron chi connectivity index (χ4n) is 8.30. The summed E-state index contributed by atoms with van der Waals surface area (Å²) in [5.74, 6) is 0.688. The molecule has 0 fully saturated rings. The quantitative estimate of drug-likeness (QED) is 0.183. The van der Waals surface area contributed by atoms with Crippen LogP contribution in [-0.2, 0) is 5.41 Å². The Kier molecular flexibility index (Phi) is 6.84. The van der Waals surface area contributed by atoms with Gasteiger partial charge in [0.15, 0.2) is 5.82 Å². The van der Waals surface area contributed by atoms with Crippen LogP contribution < -0.4 is 0 Å². The Morgan fingerprint density at radius 2 is 0.962 bits per heavy atom. The second-order valence-electron chi connectivity index (χ2n) is 14.2. The number of nitrogens with zero attached hydrogens (tertiary/aromatic N) is 3. The number of hydrogen-bond donors (Lipinski definition) is 0. The van der Waals surface area contributed by atoms with Gasteiger partial charge in [0.25, 0.3) is 0 Å². The highest BCUT2D eigenvalue weighted by Gasteiger charge is 2.36. The van der Waals surface area contributed by atoms with E-state index in [-0.39, 0.29) is 5.41 Å². The second-order valence-corrected chi connectivity index (χ2v) is 14.2. The second kappa shape index (κ2) is 11.8. The summed E-state index contributed by atoms with van der Waals surface area (Å²) in [6.45, 7) is 4.71. The molecule has 0 radical (unpaired) electrons. The van der Waals surface area contributed by atoms with Crippen molar-refractivity contribution in [1.82, 2.24) is 14.5 Å². The van der Waals surface area contributed by atoms with Crippen LogP contribution in [0, 0.1) is 0 Å². The van der Waals surface area contributed by atoms with Gasteiger partial charge in [-0.25, -0.2) is 9.97 Å². The Morgan fingerprint density at radius 3 is 1.65 bits per heavy atom. The lowest BCUT2D eigenvalue weighted by molar-refractivity contribution is 0.661. The van der Waals surface area contributed by atoms with E-state index in [1.165, 1.54) is 38.5 Å². The lowest BCUT2D eigenvalue weighted by Gasteiger charge is -2.22. The van der Waals surface area contributed by atoms with Crippen LogP contribution in [-0.4, -0.2) is 14.5 Å². The van der Waals surface area contributed by atoms with Gasteiger partial charge < -0.3 is 4.57 Å². The van der Waals surface area contributed by atoms with Crippen LogP contribution in [0.25, 0.3) is 83.6 Å². The van der Waals surface area contributed by atoms with Crippen LogP contribution in [0.1, 0.15) is 25.0 Å². The van der Waals surface area contributed by atoms with E-state index in [4.69, 9.17) is 9.97 Å². The van der Waals surface area contributed by atoms with Crippen LogP contribution in [0.4, 0.5) is 0 Å². The molecule has 0 aliphatic heterocycles. The van der Waals surface area contributed by atoms with Gasteiger partial charge in [0.1, 0.15) is 0 Å². The maximum Gasteiger partial charge on any atom is 0.162 e. The lowest BCUT2D eigenvalue weighted by atomic mass is 9.82. The third-order valence-electron chi connectivity index (χ3n) is 10.8. The number of benzene rings is 7. The van der Waals surface area contributed by atoms with Crippen LogP contribution in [0.2, 0.25) is 0 Å². The molecule has 2 aromatic heterocycles. The minimum Gasteiger partial charge on any atom is -0.308 e. The largest absolute Gasteiger partial charge is 0.308 e. The van der Waals surface area contributed by atoms with E-state index in [0.29, 0.717) is 5.82 Å². The van der Waals surface area contributed by atoms with E-state index in [9.17, 15) is 0 Å². The smallest absolute Gasteiger partial charge is 0.162 e. The molecule has 1 aliphatic rings. The molecule has 0 N–H and O–H groups in total. The van der Waals surface area contributed by atoms with Gasteiger partial charge in [-0.3, -0.25) is 0 Å². The topological polar surface area (TPSA) is 30.7 Å². The standard InChI is InChI=1S/C49H35N3/c1-49(2)41-27-14-12-23-36(41)39-29-40-37-24-13-15-28-45(37)52(46(40)30-42(39)49)47-35(32-17-6-3-7-18-32)25-16-26-38(47)48-50-43(33-19-8-4-9-20-33)31-44(51-48)34-21-10-5-11-22-34/h3-31H,1-2H3. The normalized spacial score (nSPS) is 13.0. The van der Waals surface area contributed by atoms with Crippen molar-refractivity contribution in [2.24, 2.45) is 0 Å². The van der Waals surface area contributed by atoms with Gasteiger partial charge in [0.05, 0.1) is 28.1 Å². The molecule has 0 saturated carbocycles. The van der Waals surface area contributed by atoms with Gasteiger partial charge in [0, 0.05) is 38.4 Å². The third kappa shape index (κ3) is 4.66. The molecule has 0 saturated heterocycles. The highest BCUT2D eigenvalue weighted by atomic mass is 15.0. The minimum atomic E-state index is -0.138. The Balaban J connectivity index is 1.33. The molecular weight excluding hydrogens is 631 g/mol. The fraction of sp³-hybridized carbons (Fsp3) is 0.0612. The first-order valence-electron chi connectivity index (χ1n) is 17.9. The van der Waals surface area contributed by atoms with Gasteiger partial charge in [-0.05, 0) is 58.1 Å². The van der Waals surface area contributed by atoms with Gasteiger partial charge in [0.2, 0.25) is 0 Å². The molecule has 1 aliphatic carbocycles. The zero-order valence-electron chi connectivity index (χ0n) is 29.1. The minimum absolute atomic E-state index is 0.138. The van der Waals surface area contributed by atoms with Crippen molar-refractivity contribution in [3.63, 3.8) is 0 Å². The summed E-state index contributed by atoms with van der Waals surface area (Å²) in [6.07, 6.45) is 0. The molecule has 52 heavy (non-hydrogen) atoms. The highest BCUT2D eigenvalue weighted by Crippen LogP contribution is 2.51. The lowest BCUT2D eigenvalue weighted by Crippen LogP contribution is -2.15. The zero-order chi connectivity index (χ0) is 34.8.